The van der Waals surface area contributed by atoms with Crippen molar-refractivity contribution in [2.75, 3.05) is 0 Å². The molecule has 0 bridgehead atoms. The molecule has 0 aliphatic carbocycles. The normalized spacial score (nSPS) is 11.6. The van der Waals surface area contributed by atoms with Gasteiger partial charge < -0.3 is 0 Å². The van der Waals surface area contributed by atoms with Gasteiger partial charge >= 0.3 is 0 Å². The lowest BCUT2D eigenvalue weighted by atomic mass is 9.75. The van der Waals surface area contributed by atoms with Gasteiger partial charge in [0, 0.05) is 11.8 Å². The quantitative estimate of drug-likeness (QED) is 0.451. The summed E-state index contributed by atoms with van der Waals surface area (Å²) in [4.78, 5) is 4.70. The lowest BCUT2D eigenvalue weighted by Gasteiger charge is -2.29. The molecular formula is C26H37N. The van der Waals surface area contributed by atoms with Gasteiger partial charge in [0.05, 0.1) is 5.69 Å². The van der Waals surface area contributed by atoms with E-state index in [9.17, 15) is 0 Å². The van der Waals surface area contributed by atoms with Crippen LogP contribution in [0.5, 0.6) is 0 Å². The highest BCUT2D eigenvalue weighted by Crippen LogP contribution is 2.36. The number of aromatic nitrogens is 1. The molecule has 0 atom stereocenters. The number of aryl methyl sites for hydroxylation is 3. The van der Waals surface area contributed by atoms with Crippen molar-refractivity contribution >= 4 is 5.57 Å². The zero-order valence-corrected chi connectivity index (χ0v) is 18.3. The molecule has 0 saturated heterocycles. The second-order valence-corrected chi connectivity index (χ2v) is 8.45. The zero-order chi connectivity index (χ0) is 20.0. The minimum absolute atomic E-state index is 0.183. The molecule has 0 radical (unpaired) electrons. The molecule has 1 heteroatoms. The van der Waals surface area contributed by atoms with Crippen LogP contribution in [0.15, 0.2) is 37.0 Å². The Labute approximate surface area is 166 Å². The SMILES string of the molecule is C=C(c1ccc(CCC)cn1)c1cc(C(C)(C)CCCC)c(CC)cc1C. The molecule has 1 nitrogen and oxygen atoms in total. The standard InChI is InChI=1S/C26H37N/c1-8-11-15-26(6,7)24-17-23(19(4)16-22(24)10-3)20(5)25-14-13-21(12-9-2)18-27-25/h13-14,16-18H,5,8-12,15H2,1-4,6-7H3. The number of nitrogens with zero attached hydrogens (tertiary/aromatic N) is 1. The van der Waals surface area contributed by atoms with Crippen molar-refractivity contribution < 1.29 is 0 Å². The van der Waals surface area contributed by atoms with E-state index in [0.717, 1.165) is 30.5 Å². The molecule has 0 amide bonds. The van der Waals surface area contributed by atoms with Gasteiger partial charge in [0.25, 0.3) is 0 Å². The number of rotatable bonds is 9. The molecular weight excluding hydrogens is 326 g/mol. The molecule has 0 N–H and O–H groups in total. The van der Waals surface area contributed by atoms with Crippen LogP contribution in [0.25, 0.3) is 5.57 Å². The first-order chi connectivity index (χ1) is 12.8. The number of benzene rings is 1. The van der Waals surface area contributed by atoms with Gasteiger partial charge in [-0.2, -0.15) is 0 Å². The molecule has 0 fully saturated rings. The molecule has 27 heavy (non-hydrogen) atoms. The van der Waals surface area contributed by atoms with Crippen LogP contribution < -0.4 is 0 Å². The van der Waals surface area contributed by atoms with Crippen LogP contribution in [0.1, 0.15) is 93.8 Å². The molecule has 0 saturated carbocycles. The van der Waals surface area contributed by atoms with Crippen LogP contribution in [-0.2, 0) is 18.3 Å². The fraction of sp³-hybridized carbons (Fsp3) is 0.500. The third-order valence-electron chi connectivity index (χ3n) is 5.71. The van der Waals surface area contributed by atoms with Gasteiger partial charge in [-0.1, -0.05) is 78.7 Å². The van der Waals surface area contributed by atoms with Crippen molar-refractivity contribution in [2.45, 2.75) is 85.5 Å². The number of hydrogen-bond acceptors (Lipinski definition) is 1. The van der Waals surface area contributed by atoms with E-state index in [1.54, 1.807) is 0 Å². The van der Waals surface area contributed by atoms with Gasteiger partial charge in [-0.3, -0.25) is 4.98 Å². The van der Waals surface area contributed by atoms with Gasteiger partial charge in [0.2, 0.25) is 0 Å². The summed E-state index contributed by atoms with van der Waals surface area (Å²) in [7, 11) is 0. The summed E-state index contributed by atoms with van der Waals surface area (Å²) in [6, 6.07) is 9.09. The Morgan fingerprint density at radius 1 is 1.07 bits per heavy atom. The Balaban J connectivity index is 2.44. The molecule has 2 rings (SSSR count). The molecule has 0 unspecified atom stereocenters. The second-order valence-electron chi connectivity index (χ2n) is 8.45. The smallest absolute Gasteiger partial charge is 0.0702 e. The van der Waals surface area contributed by atoms with Crippen LogP contribution in [0, 0.1) is 6.92 Å². The highest BCUT2D eigenvalue weighted by molar-refractivity contribution is 5.78. The van der Waals surface area contributed by atoms with E-state index in [1.165, 1.54) is 47.1 Å². The summed E-state index contributed by atoms with van der Waals surface area (Å²) in [5.74, 6) is 0. The van der Waals surface area contributed by atoms with E-state index in [1.807, 2.05) is 6.20 Å². The Hall–Kier alpha value is -1.89. The molecule has 2 aromatic rings. The maximum Gasteiger partial charge on any atom is 0.0702 e. The largest absolute Gasteiger partial charge is 0.256 e. The third kappa shape index (κ3) is 5.09. The van der Waals surface area contributed by atoms with E-state index in [0.29, 0.717) is 0 Å². The van der Waals surface area contributed by atoms with Crippen LogP contribution >= 0.6 is 0 Å². The van der Waals surface area contributed by atoms with E-state index < -0.39 is 0 Å². The zero-order valence-electron chi connectivity index (χ0n) is 18.3. The van der Waals surface area contributed by atoms with Crippen molar-refractivity contribution in [3.05, 3.63) is 70.6 Å². The van der Waals surface area contributed by atoms with E-state index in [4.69, 9.17) is 4.98 Å². The molecule has 1 aromatic carbocycles. The molecule has 1 aromatic heterocycles. The van der Waals surface area contributed by atoms with Crippen LogP contribution in [0.4, 0.5) is 0 Å². The predicted molar refractivity (Wildman–Crippen MR) is 119 cm³/mol. The number of pyridine rings is 1. The first kappa shape index (κ1) is 21.4. The highest BCUT2D eigenvalue weighted by atomic mass is 14.7. The van der Waals surface area contributed by atoms with Gasteiger partial charge in [0.1, 0.15) is 0 Å². The summed E-state index contributed by atoms with van der Waals surface area (Å²) >= 11 is 0. The number of hydrogen-bond donors (Lipinski definition) is 0. The summed E-state index contributed by atoms with van der Waals surface area (Å²) in [6.45, 7) is 18.1. The average molecular weight is 364 g/mol. The maximum atomic E-state index is 4.70. The highest BCUT2D eigenvalue weighted by Gasteiger charge is 2.24. The summed E-state index contributed by atoms with van der Waals surface area (Å²) in [6.07, 6.45) is 9.03. The molecule has 146 valence electrons. The van der Waals surface area contributed by atoms with E-state index >= 15 is 0 Å². The first-order valence-electron chi connectivity index (χ1n) is 10.6. The van der Waals surface area contributed by atoms with Crippen LogP contribution in [0.2, 0.25) is 0 Å². The van der Waals surface area contributed by atoms with Crippen molar-refractivity contribution in [2.24, 2.45) is 0 Å². The van der Waals surface area contributed by atoms with Crippen molar-refractivity contribution in [1.29, 1.82) is 0 Å². The maximum absolute atomic E-state index is 4.70. The van der Waals surface area contributed by atoms with E-state index in [2.05, 4.69) is 72.4 Å². The molecule has 1 heterocycles. The first-order valence-corrected chi connectivity index (χ1v) is 10.6. The third-order valence-corrected chi connectivity index (χ3v) is 5.71. The topological polar surface area (TPSA) is 12.9 Å². The Kier molecular flexibility index (Phi) is 7.41. The van der Waals surface area contributed by atoms with Gasteiger partial charge in [-0.15, -0.1) is 0 Å². The predicted octanol–water partition coefficient (Wildman–Crippen LogP) is 7.43. The Bertz CT molecular complexity index is 766. The minimum Gasteiger partial charge on any atom is -0.256 e. The molecule has 0 aliphatic heterocycles. The van der Waals surface area contributed by atoms with Gasteiger partial charge in [0.15, 0.2) is 0 Å². The summed E-state index contributed by atoms with van der Waals surface area (Å²) < 4.78 is 0. The van der Waals surface area contributed by atoms with Crippen molar-refractivity contribution in [3.63, 3.8) is 0 Å². The van der Waals surface area contributed by atoms with Crippen molar-refractivity contribution in [3.8, 4) is 0 Å². The second kappa shape index (κ2) is 9.35. The fourth-order valence-electron chi connectivity index (χ4n) is 3.95. The molecule has 0 aliphatic rings. The Morgan fingerprint density at radius 2 is 1.81 bits per heavy atom. The van der Waals surface area contributed by atoms with E-state index in [-0.39, 0.29) is 5.41 Å². The molecule has 0 spiro atoms. The van der Waals surface area contributed by atoms with Gasteiger partial charge in [-0.05, 0) is 65.5 Å². The summed E-state index contributed by atoms with van der Waals surface area (Å²) in [5.41, 5.74) is 8.98. The lowest BCUT2D eigenvalue weighted by Crippen LogP contribution is -2.20. The summed E-state index contributed by atoms with van der Waals surface area (Å²) in [5, 5.41) is 0. The Morgan fingerprint density at radius 3 is 2.37 bits per heavy atom. The average Bonchev–Trinajstić information content (AvgIpc) is 2.66. The minimum atomic E-state index is 0.183. The van der Waals surface area contributed by atoms with Crippen LogP contribution in [-0.4, -0.2) is 4.98 Å². The fourth-order valence-corrected chi connectivity index (χ4v) is 3.95. The van der Waals surface area contributed by atoms with Gasteiger partial charge in [-0.25, -0.2) is 0 Å². The monoisotopic (exact) mass is 363 g/mol. The lowest BCUT2D eigenvalue weighted by molar-refractivity contribution is 0.454. The number of unbranched alkanes of at least 4 members (excludes halogenated alkanes) is 1. The van der Waals surface area contributed by atoms with Crippen molar-refractivity contribution in [1.82, 2.24) is 4.98 Å². The van der Waals surface area contributed by atoms with Crippen LogP contribution in [0.3, 0.4) is 0 Å².